The third kappa shape index (κ3) is 2.32. The number of hydrogen-bond acceptors (Lipinski definition) is 0. The molecular formula is C24H20FP. The van der Waals surface area contributed by atoms with Crippen LogP contribution >= 0.6 is 6.91 Å². The van der Waals surface area contributed by atoms with E-state index in [1.54, 1.807) is 0 Å². The zero-order valence-corrected chi connectivity index (χ0v) is 15.3. The van der Waals surface area contributed by atoms with E-state index in [0.717, 1.165) is 21.2 Å². The second-order valence-corrected chi connectivity index (χ2v) is 10.4. The van der Waals surface area contributed by atoms with Crippen LogP contribution in [-0.2, 0) is 0 Å². The van der Waals surface area contributed by atoms with Crippen LogP contribution in [0.15, 0.2) is 121 Å². The van der Waals surface area contributed by atoms with Gasteiger partial charge in [-0.1, -0.05) is 0 Å². The van der Waals surface area contributed by atoms with Gasteiger partial charge in [0.25, 0.3) is 0 Å². The summed E-state index contributed by atoms with van der Waals surface area (Å²) in [6, 6.07) is 38.5. The Morgan fingerprint density at radius 1 is 0.346 bits per heavy atom. The summed E-state index contributed by atoms with van der Waals surface area (Å²) in [5, 5.41) is 2.90. The molecule has 0 spiro atoms. The molecule has 0 aliphatic heterocycles. The van der Waals surface area contributed by atoms with Crippen molar-refractivity contribution in [2.75, 3.05) is 0 Å². The van der Waals surface area contributed by atoms with Gasteiger partial charge in [0.1, 0.15) is 0 Å². The monoisotopic (exact) mass is 358 g/mol. The molecule has 0 heterocycles. The van der Waals surface area contributed by atoms with E-state index in [2.05, 4.69) is 0 Å². The molecule has 4 aromatic rings. The summed E-state index contributed by atoms with van der Waals surface area (Å²) in [4.78, 5) is 0. The quantitative estimate of drug-likeness (QED) is 0.463. The van der Waals surface area contributed by atoms with Crippen molar-refractivity contribution >= 4 is 28.1 Å². The van der Waals surface area contributed by atoms with Crippen molar-refractivity contribution in [3.05, 3.63) is 121 Å². The predicted molar refractivity (Wildman–Crippen MR) is 112 cm³/mol. The van der Waals surface area contributed by atoms with E-state index in [0.29, 0.717) is 0 Å². The van der Waals surface area contributed by atoms with Crippen molar-refractivity contribution in [1.29, 1.82) is 0 Å². The fourth-order valence-electron chi connectivity index (χ4n) is 3.73. The molecule has 0 radical (unpaired) electrons. The van der Waals surface area contributed by atoms with E-state index in [4.69, 9.17) is 0 Å². The summed E-state index contributed by atoms with van der Waals surface area (Å²) >= 11 is 0. The number of benzene rings is 4. The number of halogens is 1. The van der Waals surface area contributed by atoms with Crippen LogP contribution in [0.5, 0.6) is 0 Å². The van der Waals surface area contributed by atoms with Gasteiger partial charge in [-0.05, 0) is 0 Å². The molecule has 2 heteroatoms. The van der Waals surface area contributed by atoms with Gasteiger partial charge in [0.15, 0.2) is 0 Å². The summed E-state index contributed by atoms with van der Waals surface area (Å²) in [5.41, 5.74) is 0. The third-order valence-electron chi connectivity index (χ3n) is 4.96. The van der Waals surface area contributed by atoms with Gasteiger partial charge in [-0.25, -0.2) is 0 Å². The molecule has 0 aromatic heterocycles. The average molecular weight is 358 g/mol. The van der Waals surface area contributed by atoms with Crippen LogP contribution in [0.3, 0.4) is 0 Å². The normalized spacial score (nSPS) is 12.9. The Bertz CT molecular complexity index is 814. The van der Waals surface area contributed by atoms with Crippen molar-refractivity contribution in [1.82, 2.24) is 0 Å². The zero-order chi connectivity index (χ0) is 17.9. The number of hydrogen-bond donors (Lipinski definition) is 0. The molecule has 0 amide bonds. The summed E-state index contributed by atoms with van der Waals surface area (Å²) in [5.74, 6) is 0. The first-order chi connectivity index (χ1) is 12.7. The van der Waals surface area contributed by atoms with E-state index < -0.39 is 6.91 Å². The molecule has 0 saturated carbocycles. The van der Waals surface area contributed by atoms with E-state index >= 15 is 4.20 Å². The van der Waals surface area contributed by atoms with Gasteiger partial charge < -0.3 is 0 Å². The van der Waals surface area contributed by atoms with Crippen molar-refractivity contribution in [3.63, 3.8) is 0 Å². The van der Waals surface area contributed by atoms with Crippen LogP contribution in [0.2, 0.25) is 0 Å². The van der Waals surface area contributed by atoms with Gasteiger partial charge in [-0.2, -0.15) is 0 Å². The van der Waals surface area contributed by atoms with Crippen LogP contribution < -0.4 is 21.2 Å². The maximum atomic E-state index is 18.2. The van der Waals surface area contributed by atoms with Crippen molar-refractivity contribution in [2.45, 2.75) is 0 Å². The minimum absolute atomic E-state index is 0.724. The Labute approximate surface area is 154 Å². The molecule has 4 aromatic carbocycles. The van der Waals surface area contributed by atoms with E-state index in [1.165, 1.54) is 0 Å². The summed E-state index contributed by atoms with van der Waals surface area (Å²) in [6.45, 7) is -4.32. The molecule has 0 saturated heterocycles. The third-order valence-corrected chi connectivity index (χ3v) is 10.0. The molecule has 0 fully saturated rings. The Balaban J connectivity index is 2.23. The van der Waals surface area contributed by atoms with Gasteiger partial charge in [-0.15, -0.1) is 0 Å². The molecule has 128 valence electrons. The zero-order valence-electron chi connectivity index (χ0n) is 14.4. The van der Waals surface area contributed by atoms with Crippen LogP contribution in [0.4, 0.5) is 4.20 Å². The van der Waals surface area contributed by atoms with Gasteiger partial charge >= 0.3 is 154 Å². The second kappa shape index (κ2) is 6.52. The molecule has 0 aliphatic carbocycles. The van der Waals surface area contributed by atoms with Gasteiger partial charge in [0.05, 0.1) is 0 Å². The number of rotatable bonds is 4. The Kier molecular flexibility index (Phi) is 4.18. The van der Waals surface area contributed by atoms with E-state index in [-0.39, 0.29) is 0 Å². The van der Waals surface area contributed by atoms with E-state index in [9.17, 15) is 0 Å². The van der Waals surface area contributed by atoms with Gasteiger partial charge in [-0.3, -0.25) is 0 Å². The molecule has 4 rings (SSSR count). The standard InChI is InChI=1S/C24H20FP/c25-26(21-13-5-1-6-14-21,22-15-7-2-8-16-22,23-17-9-3-10-18-23)24-19-11-4-12-20-24/h1-20H. The molecule has 0 unspecified atom stereocenters. The summed E-state index contributed by atoms with van der Waals surface area (Å²) in [7, 11) is 0. The van der Waals surface area contributed by atoms with Crippen LogP contribution in [0.1, 0.15) is 0 Å². The van der Waals surface area contributed by atoms with Gasteiger partial charge in [0.2, 0.25) is 0 Å². The van der Waals surface area contributed by atoms with Crippen LogP contribution in [0.25, 0.3) is 0 Å². The first kappa shape index (κ1) is 16.7. The first-order valence-corrected chi connectivity index (χ1v) is 10.8. The molecular weight excluding hydrogens is 338 g/mol. The van der Waals surface area contributed by atoms with E-state index in [1.807, 2.05) is 121 Å². The molecule has 0 bridgehead atoms. The fraction of sp³-hybridized carbons (Fsp3) is 0. The molecule has 0 N–H and O–H groups in total. The Morgan fingerprint density at radius 2 is 0.538 bits per heavy atom. The Morgan fingerprint density at radius 3 is 0.731 bits per heavy atom. The van der Waals surface area contributed by atoms with Crippen molar-refractivity contribution in [3.8, 4) is 0 Å². The summed E-state index contributed by atoms with van der Waals surface area (Å²) < 4.78 is 18.2. The molecule has 0 nitrogen and oxygen atoms in total. The molecule has 26 heavy (non-hydrogen) atoms. The maximum absolute atomic E-state index is 18.2. The Hall–Kier alpha value is -2.76. The predicted octanol–water partition coefficient (Wildman–Crippen LogP) is 4.73. The van der Waals surface area contributed by atoms with Crippen molar-refractivity contribution < 1.29 is 4.20 Å². The summed E-state index contributed by atoms with van der Waals surface area (Å²) in [6.07, 6.45) is 0. The first-order valence-electron chi connectivity index (χ1n) is 8.71. The molecule has 0 atom stereocenters. The second-order valence-electron chi connectivity index (χ2n) is 6.35. The van der Waals surface area contributed by atoms with Crippen molar-refractivity contribution in [2.24, 2.45) is 0 Å². The van der Waals surface area contributed by atoms with Crippen LogP contribution in [0, 0.1) is 0 Å². The van der Waals surface area contributed by atoms with Crippen LogP contribution in [-0.4, -0.2) is 0 Å². The fourth-order valence-corrected chi connectivity index (χ4v) is 8.44. The minimum atomic E-state index is -4.32. The average Bonchev–Trinajstić information content (AvgIpc) is 2.76. The SMILES string of the molecule is FP(c1ccccc1)(c1ccccc1)(c1ccccc1)c1ccccc1. The molecule has 0 aliphatic rings. The topological polar surface area (TPSA) is 0 Å². The van der Waals surface area contributed by atoms with Gasteiger partial charge in [0, 0.05) is 0 Å².